The largest absolute Gasteiger partial charge is 0.296 e. The van der Waals surface area contributed by atoms with Gasteiger partial charge in [-0.1, -0.05) is 30.7 Å². The molecule has 0 atom stereocenters. The van der Waals surface area contributed by atoms with Crippen molar-refractivity contribution in [3.05, 3.63) is 50.7 Å². The SMILES string of the molecule is CCc1nn(C)c(CN(C)Cc2cccc(Cl)c2)c1Br. The van der Waals surface area contributed by atoms with Crippen LogP contribution in [-0.4, -0.2) is 21.7 Å². The second-order valence-electron chi connectivity index (χ2n) is 4.99. The van der Waals surface area contributed by atoms with Crippen molar-refractivity contribution in [2.75, 3.05) is 7.05 Å². The van der Waals surface area contributed by atoms with Crippen molar-refractivity contribution in [1.29, 1.82) is 0 Å². The predicted molar refractivity (Wildman–Crippen MR) is 86.9 cm³/mol. The van der Waals surface area contributed by atoms with E-state index in [-0.39, 0.29) is 0 Å². The highest BCUT2D eigenvalue weighted by atomic mass is 79.9. The summed E-state index contributed by atoms with van der Waals surface area (Å²) in [4.78, 5) is 2.26. The molecule has 0 unspecified atom stereocenters. The molecule has 0 aliphatic rings. The molecule has 5 heteroatoms. The number of benzene rings is 1. The zero-order valence-corrected chi connectivity index (χ0v) is 14.4. The Bertz CT molecular complexity index is 595. The van der Waals surface area contributed by atoms with Gasteiger partial charge in [0.05, 0.1) is 15.9 Å². The third-order valence-corrected chi connectivity index (χ3v) is 4.41. The maximum Gasteiger partial charge on any atom is 0.0767 e. The second kappa shape index (κ2) is 6.74. The predicted octanol–water partition coefficient (Wildman–Crippen LogP) is 4.03. The number of nitrogens with zero attached hydrogens (tertiary/aromatic N) is 3. The van der Waals surface area contributed by atoms with Crippen LogP contribution in [0.5, 0.6) is 0 Å². The van der Waals surface area contributed by atoms with Crippen molar-refractivity contribution in [1.82, 2.24) is 14.7 Å². The van der Waals surface area contributed by atoms with Crippen LogP contribution in [0.3, 0.4) is 0 Å². The van der Waals surface area contributed by atoms with Crippen LogP contribution in [0.15, 0.2) is 28.7 Å². The molecule has 0 bridgehead atoms. The zero-order chi connectivity index (χ0) is 14.7. The average molecular weight is 357 g/mol. The molecule has 0 aliphatic heterocycles. The monoisotopic (exact) mass is 355 g/mol. The van der Waals surface area contributed by atoms with Gasteiger partial charge < -0.3 is 0 Å². The molecule has 0 radical (unpaired) electrons. The molecule has 2 aromatic rings. The van der Waals surface area contributed by atoms with Crippen LogP contribution < -0.4 is 0 Å². The Morgan fingerprint density at radius 1 is 1.35 bits per heavy atom. The van der Waals surface area contributed by atoms with Crippen molar-refractivity contribution in [3.63, 3.8) is 0 Å². The molecule has 0 N–H and O–H groups in total. The summed E-state index contributed by atoms with van der Waals surface area (Å²) in [6.45, 7) is 3.82. The Kier molecular flexibility index (Phi) is 5.24. The number of hydrogen-bond acceptors (Lipinski definition) is 2. The molecule has 0 fully saturated rings. The van der Waals surface area contributed by atoms with E-state index in [9.17, 15) is 0 Å². The standard InChI is InChI=1S/C15H19BrClN3/c1-4-13-15(16)14(20(3)18-13)10-19(2)9-11-6-5-7-12(17)8-11/h5-8H,4,9-10H2,1-3H3. The van der Waals surface area contributed by atoms with Crippen molar-refractivity contribution in [2.45, 2.75) is 26.4 Å². The van der Waals surface area contributed by atoms with E-state index in [0.29, 0.717) is 0 Å². The number of hydrogen-bond donors (Lipinski definition) is 0. The summed E-state index contributed by atoms with van der Waals surface area (Å²) in [6, 6.07) is 7.99. The Morgan fingerprint density at radius 3 is 2.70 bits per heavy atom. The van der Waals surface area contributed by atoms with Gasteiger partial charge in [0.15, 0.2) is 0 Å². The van der Waals surface area contributed by atoms with E-state index in [0.717, 1.165) is 34.7 Å². The van der Waals surface area contributed by atoms with E-state index >= 15 is 0 Å². The highest BCUT2D eigenvalue weighted by Gasteiger charge is 2.14. The van der Waals surface area contributed by atoms with Crippen LogP contribution >= 0.6 is 27.5 Å². The lowest BCUT2D eigenvalue weighted by Crippen LogP contribution is -2.19. The molecule has 0 amide bonds. The van der Waals surface area contributed by atoms with Gasteiger partial charge in [-0.2, -0.15) is 5.10 Å². The fraction of sp³-hybridized carbons (Fsp3) is 0.400. The van der Waals surface area contributed by atoms with E-state index in [2.05, 4.69) is 46.0 Å². The minimum absolute atomic E-state index is 0.783. The van der Waals surface area contributed by atoms with Gasteiger partial charge in [-0.15, -0.1) is 0 Å². The van der Waals surface area contributed by atoms with Crippen LogP contribution in [0.2, 0.25) is 5.02 Å². The molecule has 0 saturated heterocycles. The molecule has 1 aromatic heterocycles. The fourth-order valence-electron chi connectivity index (χ4n) is 2.25. The van der Waals surface area contributed by atoms with Gasteiger partial charge in [0.1, 0.15) is 0 Å². The van der Waals surface area contributed by atoms with E-state index < -0.39 is 0 Å². The molecule has 0 saturated carbocycles. The van der Waals surface area contributed by atoms with Crippen LogP contribution in [-0.2, 0) is 26.6 Å². The van der Waals surface area contributed by atoms with Gasteiger partial charge in [-0.05, 0) is 47.1 Å². The summed E-state index contributed by atoms with van der Waals surface area (Å²) >= 11 is 9.68. The maximum absolute atomic E-state index is 6.02. The first-order valence-electron chi connectivity index (χ1n) is 6.64. The third-order valence-electron chi connectivity index (χ3n) is 3.26. The highest BCUT2D eigenvalue weighted by Crippen LogP contribution is 2.23. The Morgan fingerprint density at radius 2 is 2.10 bits per heavy atom. The molecule has 20 heavy (non-hydrogen) atoms. The number of aryl methyl sites for hydroxylation is 2. The van der Waals surface area contributed by atoms with Gasteiger partial charge in [0.25, 0.3) is 0 Å². The average Bonchev–Trinajstić information content (AvgIpc) is 2.66. The van der Waals surface area contributed by atoms with Crippen molar-refractivity contribution >= 4 is 27.5 Å². The molecule has 108 valence electrons. The number of rotatable bonds is 5. The summed E-state index contributed by atoms with van der Waals surface area (Å²) in [5, 5.41) is 5.31. The lowest BCUT2D eigenvalue weighted by Gasteiger charge is -2.17. The van der Waals surface area contributed by atoms with E-state index in [1.54, 1.807) is 0 Å². The number of aromatic nitrogens is 2. The van der Waals surface area contributed by atoms with Crippen molar-refractivity contribution in [2.24, 2.45) is 7.05 Å². The molecule has 3 nitrogen and oxygen atoms in total. The molecule has 2 rings (SSSR count). The summed E-state index contributed by atoms with van der Waals surface area (Å²) < 4.78 is 3.08. The van der Waals surface area contributed by atoms with Gasteiger partial charge in [-0.3, -0.25) is 9.58 Å². The van der Waals surface area contributed by atoms with Gasteiger partial charge in [0, 0.05) is 25.2 Å². The van der Waals surface area contributed by atoms with Crippen LogP contribution in [0.1, 0.15) is 23.9 Å². The first-order chi connectivity index (χ1) is 9.51. The van der Waals surface area contributed by atoms with Crippen LogP contribution in [0.4, 0.5) is 0 Å². The zero-order valence-electron chi connectivity index (χ0n) is 12.0. The smallest absolute Gasteiger partial charge is 0.0767 e. The topological polar surface area (TPSA) is 21.1 Å². The molecule has 1 aromatic carbocycles. The van der Waals surface area contributed by atoms with Crippen molar-refractivity contribution < 1.29 is 0 Å². The fourth-order valence-corrected chi connectivity index (χ4v) is 3.20. The summed E-state index contributed by atoms with van der Waals surface area (Å²) in [5.41, 5.74) is 3.53. The first kappa shape index (κ1) is 15.5. The summed E-state index contributed by atoms with van der Waals surface area (Å²) in [5.74, 6) is 0. The maximum atomic E-state index is 6.02. The Labute approximate surface area is 133 Å². The molecule has 1 heterocycles. The highest BCUT2D eigenvalue weighted by molar-refractivity contribution is 9.10. The van der Waals surface area contributed by atoms with Crippen LogP contribution in [0, 0.1) is 0 Å². The van der Waals surface area contributed by atoms with Crippen molar-refractivity contribution in [3.8, 4) is 0 Å². The van der Waals surface area contributed by atoms with Gasteiger partial charge in [-0.25, -0.2) is 0 Å². The first-order valence-corrected chi connectivity index (χ1v) is 7.81. The molecule has 0 spiro atoms. The lowest BCUT2D eigenvalue weighted by atomic mass is 10.2. The molecular weight excluding hydrogens is 338 g/mol. The minimum Gasteiger partial charge on any atom is -0.296 e. The van der Waals surface area contributed by atoms with E-state index in [1.807, 2.05) is 29.9 Å². The molecule has 0 aliphatic carbocycles. The van der Waals surface area contributed by atoms with E-state index in [4.69, 9.17) is 11.6 Å². The second-order valence-corrected chi connectivity index (χ2v) is 6.22. The Balaban J connectivity index is 2.08. The Hall–Kier alpha value is -0.840. The lowest BCUT2D eigenvalue weighted by molar-refractivity contribution is 0.309. The van der Waals surface area contributed by atoms with Gasteiger partial charge >= 0.3 is 0 Å². The number of halogens is 2. The summed E-state index contributed by atoms with van der Waals surface area (Å²) in [7, 11) is 4.10. The third kappa shape index (κ3) is 3.62. The van der Waals surface area contributed by atoms with E-state index in [1.165, 1.54) is 11.3 Å². The molecular formula is C15H19BrClN3. The quantitative estimate of drug-likeness (QED) is 0.806. The minimum atomic E-state index is 0.783. The van der Waals surface area contributed by atoms with Crippen LogP contribution in [0.25, 0.3) is 0 Å². The van der Waals surface area contributed by atoms with Gasteiger partial charge in [0.2, 0.25) is 0 Å². The normalized spacial score (nSPS) is 11.3. The summed E-state index contributed by atoms with van der Waals surface area (Å²) in [6.07, 6.45) is 0.937.